The van der Waals surface area contributed by atoms with Crippen LogP contribution in [-0.2, 0) is 25.7 Å². The van der Waals surface area contributed by atoms with E-state index < -0.39 is 58.2 Å². The molecule has 11 aromatic rings. The lowest BCUT2D eigenvalue weighted by Gasteiger charge is -2.38. The molecule has 0 radical (unpaired) electrons. The summed E-state index contributed by atoms with van der Waals surface area (Å²) in [6.07, 6.45) is 35.2. The van der Waals surface area contributed by atoms with Gasteiger partial charge in [0.25, 0.3) is 0 Å². The third-order valence-corrected chi connectivity index (χ3v) is 27.6. The molecule has 11 aromatic carbocycles. The van der Waals surface area contributed by atoms with E-state index in [1.165, 1.54) is 174 Å². The maximum atomic E-state index is 14.7. The molecule has 0 aromatic heterocycles. The van der Waals surface area contributed by atoms with Crippen molar-refractivity contribution in [2.45, 2.75) is 273 Å². The average molecular weight is 1770 g/mol. The maximum absolute atomic E-state index is 14.7. The van der Waals surface area contributed by atoms with E-state index in [9.17, 15) is 43.9 Å². The van der Waals surface area contributed by atoms with Crippen LogP contribution >= 0.6 is 0 Å². The van der Waals surface area contributed by atoms with Gasteiger partial charge in [-0.15, -0.1) is 0 Å². The largest absolute Gasteiger partial charge is 0.491 e. The minimum atomic E-state index is -0.915. The van der Waals surface area contributed by atoms with Gasteiger partial charge in [-0.1, -0.05) is 289 Å². The van der Waals surface area contributed by atoms with E-state index >= 15 is 0 Å². The minimum absolute atomic E-state index is 0.0331. The van der Waals surface area contributed by atoms with Crippen LogP contribution in [0.5, 0.6) is 17.2 Å². The van der Waals surface area contributed by atoms with Crippen LogP contribution in [0.25, 0.3) is 66.8 Å². The van der Waals surface area contributed by atoms with Gasteiger partial charge >= 0.3 is 0 Å². The zero-order valence-electron chi connectivity index (χ0n) is 77.9. The number of halogens is 10. The molecule has 0 N–H and O–H groups in total. The summed E-state index contributed by atoms with van der Waals surface area (Å²) in [7, 11) is 0. The smallest absolute Gasteiger partial charge is 0.201 e. The molecule has 4 saturated carbocycles. The predicted molar refractivity (Wildman–Crippen MR) is 514 cm³/mol. The first-order valence-corrected chi connectivity index (χ1v) is 48.5. The summed E-state index contributed by atoms with van der Waals surface area (Å²) < 4.78 is 160. The molecule has 4 aliphatic rings. The molecule has 0 aliphatic heterocycles. The Kier molecular flexibility index (Phi) is 39.0. The fourth-order valence-electron chi connectivity index (χ4n) is 19.7. The molecule has 4 fully saturated rings. The van der Waals surface area contributed by atoms with Gasteiger partial charge in [0.05, 0.1) is 19.8 Å². The number of rotatable bonds is 29. The van der Waals surface area contributed by atoms with Gasteiger partial charge in [0, 0.05) is 33.4 Å². The lowest BCUT2D eigenvalue weighted by molar-refractivity contribution is 0.155. The summed E-state index contributed by atoms with van der Waals surface area (Å²) in [6.45, 7) is 21.5. The molecule has 13 heteroatoms. The molecule has 0 heterocycles. The zero-order valence-corrected chi connectivity index (χ0v) is 77.9. The molecular formula is C116H136F10O3. The summed E-state index contributed by atoms with van der Waals surface area (Å²) in [4.78, 5) is 0. The highest BCUT2D eigenvalue weighted by Crippen LogP contribution is 2.48. The summed E-state index contributed by atoms with van der Waals surface area (Å²) >= 11 is 0. The number of ether oxygens (including phenoxy) is 3. The van der Waals surface area contributed by atoms with Gasteiger partial charge in [0.15, 0.2) is 58.0 Å². The van der Waals surface area contributed by atoms with E-state index in [0.717, 1.165) is 87.4 Å². The Morgan fingerprint density at radius 2 is 0.519 bits per heavy atom. The number of hydrogen-bond acceptors (Lipinski definition) is 3. The van der Waals surface area contributed by atoms with Gasteiger partial charge in [0.2, 0.25) is 17.5 Å². The van der Waals surface area contributed by atoms with Crippen LogP contribution in [0.1, 0.15) is 286 Å². The first kappa shape index (κ1) is 99.7. The van der Waals surface area contributed by atoms with Crippen LogP contribution in [0, 0.1) is 87.8 Å². The molecule has 15 rings (SSSR count). The Hall–Kier alpha value is -9.88. The molecule has 129 heavy (non-hydrogen) atoms. The van der Waals surface area contributed by atoms with Crippen molar-refractivity contribution in [1.82, 2.24) is 0 Å². The molecule has 4 aliphatic carbocycles. The minimum Gasteiger partial charge on any atom is -0.491 e. The monoisotopic (exact) mass is 1770 g/mol. The van der Waals surface area contributed by atoms with Gasteiger partial charge in [-0.25, -0.2) is 30.7 Å². The maximum Gasteiger partial charge on any atom is 0.201 e. The fraction of sp³-hybridized carbons (Fsp3) is 0.431. The molecule has 0 atom stereocenters. The molecule has 0 amide bonds. The van der Waals surface area contributed by atoms with Crippen LogP contribution in [0.2, 0.25) is 0 Å². The number of unbranched alkanes of at least 4 members (excludes halogenated alkanes) is 2. The van der Waals surface area contributed by atoms with Crippen molar-refractivity contribution in [3.05, 3.63) is 303 Å². The second-order valence-electron chi connectivity index (χ2n) is 35.9. The Morgan fingerprint density at radius 1 is 0.233 bits per heavy atom. The third-order valence-electron chi connectivity index (χ3n) is 27.6. The average Bonchev–Trinajstić information content (AvgIpc) is 0.753. The number of aryl methyl sites for hydroxylation is 4. The van der Waals surface area contributed by atoms with Crippen LogP contribution in [0.4, 0.5) is 43.9 Å². The molecular weight excluding hydrogens is 1630 g/mol. The van der Waals surface area contributed by atoms with Crippen LogP contribution < -0.4 is 14.2 Å². The molecule has 0 bridgehead atoms. The fourth-order valence-corrected chi connectivity index (χ4v) is 19.7. The van der Waals surface area contributed by atoms with E-state index in [0.29, 0.717) is 92.9 Å². The standard InChI is InChI=1S/C24H36F2O.C24H24F2.C23H28F2O.C23H22F2.C22H26F2O/c1-3-5-6-17-7-9-18(10-8-17)19-11-13-20(14-12-19)21-15-16-22(27-4-2)24(26)23(21)25;1-3-5-6-18-9-13-20(14-10-18)22-16-15-21(23(25)24(22)26)19-11-7-17(4-2)8-12-19;1-3-5-16-6-8-17(9-7-16)18-10-12-19(13-11-18)20-14-15-21(26-4-2)23(25)22(20)24;1-3-5-17-8-12-19(13-9-17)21-15-14-20(22(24)23(21)25)18-10-6-16(4-2)7-11-18;1-3-15-5-7-16(8-6-15)17-9-11-18(12-10-17)19-13-14-20(25-4-2)22(24)21(19)23/h15-20H,3-14H2,1-2H3;7-16H,3-6H2,1-2H3;10-17H,3-9H2,1-2H3;6-15H,3-5H2,1-2H3;9-16H,3-8H2,1-2H3. The van der Waals surface area contributed by atoms with E-state index in [1.807, 2.05) is 121 Å². The Morgan fingerprint density at radius 3 is 0.853 bits per heavy atom. The van der Waals surface area contributed by atoms with E-state index in [4.69, 9.17) is 14.2 Å². The van der Waals surface area contributed by atoms with Crippen molar-refractivity contribution in [3.8, 4) is 84.0 Å². The normalized spacial score (nSPS) is 18.4. The summed E-state index contributed by atoms with van der Waals surface area (Å²) in [6, 6.07) is 62.7. The number of hydrogen-bond donors (Lipinski definition) is 0. The molecule has 688 valence electrons. The van der Waals surface area contributed by atoms with Gasteiger partial charge < -0.3 is 14.2 Å². The van der Waals surface area contributed by atoms with Crippen molar-refractivity contribution in [3.63, 3.8) is 0 Å². The highest BCUT2D eigenvalue weighted by Gasteiger charge is 2.34. The van der Waals surface area contributed by atoms with Gasteiger partial charge in [-0.2, -0.15) is 13.2 Å². The number of benzene rings is 11. The van der Waals surface area contributed by atoms with Crippen LogP contribution in [-0.4, -0.2) is 19.8 Å². The van der Waals surface area contributed by atoms with Crippen molar-refractivity contribution in [1.29, 1.82) is 0 Å². The first-order chi connectivity index (χ1) is 62.7. The third kappa shape index (κ3) is 26.7. The van der Waals surface area contributed by atoms with E-state index in [1.54, 1.807) is 69.3 Å². The van der Waals surface area contributed by atoms with Crippen molar-refractivity contribution in [2.75, 3.05) is 19.8 Å². The molecule has 0 unspecified atom stereocenters. The molecule has 3 nitrogen and oxygen atoms in total. The van der Waals surface area contributed by atoms with E-state index in [2.05, 4.69) is 72.7 Å². The van der Waals surface area contributed by atoms with Gasteiger partial charge in [-0.05, 0) is 293 Å². The Bertz CT molecular complexity index is 5230. The van der Waals surface area contributed by atoms with Crippen molar-refractivity contribution < 1.29 is 58.1 Å². The topological polar surface area (TPSA) is 27.7 Å². The van der Waals surface area contributed by atoms with Crippen molar-refractivity contribution in [2.24, 2.45) is 29.6 Å². The van der Waals surface area contributed by atoms with Gasteiger partial charge in [-0.3, -0.25) is 0 Å². The first-order valence-electron chi connectivity index (χ1n) is 48.5. The van der Waals surface area contributed by atoms with Crippen LogP contribution in [0.3, 0.4) is 0 Å². The lowest BCUT2D eigenvalue weighted by atomic mass is 9.68. The predicted octanol–water partition coefficient (Wildman–Crippen LogP) is 35.5. The quantitative estimate of drug-likeness (QED) is 0.0437. The summed E-state index contributed by atoms with van der Waals surface area (Å²) in [5.74, 6) is -2.50. The molecule has 0 saturated heterocycles. The zero-order chi connectivity index (χ0) is 91.9. The summed E-state index contributed by atoms with van der Waals surface area (Å²) in [5.41, 5.74) is 13.9. The second kappa shape index (κ2) is 50.5. The summed E-state index contributed by atoms with van der Waals surface area (Å²) in [5, 5.41) is 0. The SMILES string of the molecule is CCCC1CCC(c2ccc(-c3ccc(OCC)c(F)c3F)cc2)CC1.CCCCC1CCC(C2CCC(c3ccc(OCC)c(F)c3F)CC2)CC1.CCCCc1ccc(-c2ccc(-c3ccc(CC)cc3)c(F)c2F)cc1.CCCc1ccc(-c2ccc(-c3ccc(CC)cc3)c(F)c2F)cc1.CCOc1ccc(-c2ccc(C3CCC(CC)CC3)cc2)c(F)c1F. The molecule has 0 spiro atoms. The lowest BCUT2D eigenvalue weighted by Crippen LogP contribution is -2.25. The van der Waals surface area contributed by atoms with Gasteiger partial charge in [0.1, 0.15) is 0 Å². The highest BCUT2D eigenvalue weighted by atomic mass is 19.2. The Balaban J connectivity index is 0.000000156. The second-order valence-corrected chi connectivity index (χ2v) is 35.9. The highest BCUT2D eigenvalue weighted by molar-refractivity contribution is 5.74. The van der Waals surface area contributed by atoms with Crippen molar-refractivity contribution >= 4 is 0 Å². The van der Waals surface area contributed by atoms with E-state index in [-0.39, 0.29) is 34.3 Å². The Labute approximate surface area is 763 Å². The van der Waals surface area contributed by atoms with Crippen LogP contribution in [0.15, 0.2) is 206 Å².